The van der Waals surface area contributed by atoms with E-state index < -0.39 is 0 Å². The Morgan fingerprint density at radius 2 is 2.11 bits per heavy atom. The Labute approximate surface area is 115 Å². The highest BCUT2D eigenvalue weighted by molar-refractivity contribution is 5.20. The molecule has 2 rings (SSSR count). The third-order valence-corrected chi connectivity index (χ3v) is 3.89. The largest absolute Gasteiger partial charge is 0.324 e. The Hall–Kier alpha value is -1.04. The summed E-state index contributed by atoms with van der Waals surface area (Å²) in [6.07, 6.45) is 3.08. The second-order valence-corrected chi connectivity index (χ2v) is 5.67. The number of nitrogens with zero attached hydrogens (tertiary/aromatic N) is 4. The third kappa shape index (κ3) is 3.29. The molecule has 2 heterocycles. The van der Waals surface area contributed by atoms with Crippen LogP contribution in [0.2, 0.25) is 0 Å². The number of hydrogen-bond acceptors (Lipinski definition) is 5. The molecule has 1 aliphatic heterocycles. The van der Waals surface area contributed by atoms with Gasteiger partial charge in [-0.1, -0.05) is 0 Å². The molecule has 5 heteroatoms. The first kappa shape index (κ1) is 14.4. The lowest BCUT2D eigenvalue weighted by Gasteiger charge is -2.26. The monoisotopic (exact) mass is 263 g/mol. The summed E-state index contributed by atoms with van der Waals surface area (Å²) >= 11 is 0. The molecule has 1 fully saturated rings. The van der Waals surface area contributed by atoms with E-state index in [0.29, 0.717) is 0 Å². The fourth-order valence-corrected chi connectivity index (χ4v) is 2.65. The van der Waals surface area contributed by atoms with Crippen LogP contribution >= 0.6 is 0 Å². The molecule has 2 atom stereocenters. The van der Waals surface area contributed by atoms with Crippen molar-refractivity contribution < 1.29 is 0 Å². The van der Waals surface area contributed by atoms with Crippen LogP contribution in [0.1, 0.15) is 42.5 Å². The summed E-state index contributed by atoms with van der Waals surface area (Å²) in [6.45, 7) is 7.19. The van der Waals surface area contributed by atoms with Crippen LogP contribution in [0.5, 0.6) is 0 Å². The van der Waals surface area contributed by atoms with Crippen molar-refractivity contribution in [3.63, 3.8) is 0 Å². The molecule has 0 spiro atoms. The smallest absolute Gasteiger partial charge is 0.146 e. The predicted molar refractivity (Wildman–Crippen MR) is 76.9 cm³/mol. The number of aryl methyl sites for hydroxylation is 1. The van der Waals surface area contributed by atoms with Gasteiger partial charge in [0, 0.05) is 30.0 Å². The Balaban J connectivity index is 2.27. The first-order valence-corrected chi connectivity index (χ1v) is 6.97. The van der Waals surface area contributed by atoms with Gasteiger partial charge in [0.15, 0.2) is 0 Å². The Morgan fingerprint density at radius 3 is 2.74 bits per heavy atom. The molecule has 2 unspecified atom stereocenters. The Kier molecular flexibility index (Phi) is 4.50. The molecule has 0 aliphatic carbocycles. The Morgan fingerprint density at radius 1 is 1.37 bits per heavy atom. The maximum absolute atomic E-state index is 5.92. The number of nitrogens with two attached hydrogens (primary N) is 1. The van der Waals surface area contributed by atoms with Gasteiger partial charge in [-0.2, -0.15) is 0 Å². The van der Waals surface area contributed by atoms with Crippen molar-refractivity contribution in [2.75, 3.05) is 33.7 Å². The highest BCUT2D eigenvalue weighted by atomic mass is 15.2. The zero-order valence-corrected chi connectivity index (χ0v) is 12.4. The van der Waals surface area contributed by atoms with E-state index >= 15 is 0 Å². The molecule has 1 aromatic rings. The molecule has 19 heavy (non-hydrogen) atoms. The minimum Gasteiger partial charge on any atom is -0.324 e. The van der Waals surface area contributed by atoms with Crippen molar-refractivity contribution in [3.05, 3.63) is 23.3 Å². The van der Waals surface area contributed by atoms with Crippen LogP contribution in [-0.4, -0.2) is 53.5 Å². The molecule has 0 radical (unpaired) electrons. The fourth-order valence-electron chi connectivity index (χ4n) is 2.65. The van der Waals surface area contributed by atoms with Gasteiger partial charge in [0.25, 0.3) is 0 Å². The van der Waals surface area contributed by atoms with Gasteiger partial charge in [-0.15, -0.1) is 0 Å². The van der Waals surface area contributed by atoms with E-state index in [0.717, 1.165) is 36.7 Å². The van der Waals surface area contributed by atoms with E-state index in [1.54, 1.807) is 0 Å². The summed E-state index contributed by atoms with van der Waals surface area (Å²) in [6, 6.07) is 0.261. The lowest BCUT2D eigenvalue weighted by Crippen LogP contribution is -2.32. The summed E-state index contributed by atoms with van der Waals surface area (Å²) in [5.74, 6) is 0.915. The van der Waals surface area contributed by atoms with E-state index in [-0.39, 0.29) is 12.1 Å². The highest BCUT2D eigenvalue weighted by Crippen LogP contribution is 2.22. The fraction of sp³-hybridized carbons (Fsp3) is 0.714. The first-order valence-electron chi connectivity index (χ1n) is 6.97. The minimum atomic E-state index is -0.0106. The van der Waals surface area contributed by atoms with Crippen LogP contribution in [0.25, 0.3) is 0 Å². The summed E-state index contributed by atoms with van der Waals surface area (Å²) < 4.78 is 0. The lowest BCUT2D eigenvalue weighted by molar-refractivity contribution is 0.219. The number of likely N-dealkylation sites (N-methyl/N-ethyl adjacent to an activating group) is 2. The number of hydrogen-bond donors (Lipinski definition) is 1. The summed E-state index contributed by atoms with van der Waals surface area (Å²) in [7, 11) is 4.32. The topological polar surface area (TPSA) is 58.3 Å². The van der Waals surface area contributed by atoms with Gasteiger partial charge < -0.3 is 10.6 Å². The SMILES string of the molecule is Cc1nc(C2CN(C)CCCN2C)ncc1C(C)N. The van der Waals surface area contributed by atoms with Crippen molar-refractivity contribution in [3.8, 4) is 0 Å². The zero-order valence-electron chi connectivity index (χ0n) is 12.4. The summed E-state index contributed by atoms with van der Waals surface area (Å²) in [5, 5.41) is 0. The highest BCUT2D eigenvalue weighted by Gasteiger charge is 2.24. The van der Waals surface area contributed by atoms with Crippen molar-refractivity contribution in [2.24, 2.45) is 5.73 Å². The number of rotatable bonds is 2. The van der Waals surface area contributed by atoms with Gasteiger partial charge in [0.1, 0.15) is 5.82 Å². The molecule has 1 saturated heterocycles. The van der Waals surface area contributed by atoms with Gasteiger partial charge in [0.2, 0.25) is 0 Å². The molecule has 2 N–H and O–H groups in total. The van der Waals surface area contributed by atoms with E-state index in [9.17, 15) is 0 Å². The van der Waals surface area contributed by atoms with Gasteiger partial charge in [0.05, 0.1) is 6.04 Å². The van der Waals surface area contributed by atoms with E-state index in [1.165, 1.54) is 6.42 Å². The van der Waals surface area contributed by atoms with Gasteiger partial charge in [-0.05, 0) is 47.5 Å². The molecule has 1 aromatic heterocycles. The Bertz CT molecular complexity index is 432. The quantitative estimate of drug-likeness (QED) is 0.866. The van der Waals surface area contributed by atoms with Crippen LogP contribution in [0.3, 0.4) is 0 Å². The molecule has 1 aliphatic rings. The van der Waals surface area contributed by atoms with E-state index in [2.05, 4.69) is 33.9 Å². The molecule has 0 bridgehead atoms. The molecular weight excluding hydrogens is 238 g/mol. The van der Waals surface area contributed by atoms with Crippen molar-refractivity contribution in [1.82, 2.24) is 19.8 Å². The van der Waals surface area contributed by atoms with Crippen LogP contribution in [0.4, 0.5) is 0 Å². The lowest BCUT2D eigenvalue weighted by atomic mass is 10.1. The van der Waals surface area contributed by atoms with Gasteiger partial charge in [-0.25, -0.2) is 9.97 Å². The van der Waals surface area contributed by atoms with Crippen LogP contribution < -0.4 is 5.73 Å². The molecule has 0 aromatic carbocycles. The van der Waals surface area contributed by atoms with Crippen LogP contribution in [0.15, 0.2) is 6.20 Å². The minimum absolute atomic E-state index is 0.0106. The summed E-state index contributed by atoms with van der Waals surface area (Å²) in [4.78, 5) is 13.9. The zero-order chi connectivity index (χ0) is 14.0. The van der Waals surface area contributed by atoms with Crippen molar-refractivity contribution in [1.29, 1.82) is 0 Å². The molecule has 5 nitrogen and oxygen atoms in total. The maximum atomic E-state index is 5.92. The molecular formula is C14H25N5. The normalized spacial score (nSPS) is 24.2. The molecule has 106 valence electrons. The second-order valence-electron chi connectivity index (χ2n) is 5.67. The van der Waals surface area contributed by atoms with E-state index in [4.69, 9.17) is 5.73 Å². The van der Waals surface area contributed by atoms with Crippen LogP contribution in [-0.2, 0) is 0 Å². The van der Waals surface area contributed by atoms with Crippen molar-refractivity contribution in [2.45, 2.75) is 32.4 Å². The third-order valence-electron chi connectivity index (χ3n) is 3.89. The second kappa shape index (κ2) is 5.94. The average Bonchev–Trinajstić information content (AvgIpc) is 2.50. The first-order chi connectivity index (χ1) is 8.99. The van der Waals surface area contributed by atoms with Gasteiger partial charge in [-0.3, -0.25) is 4.90 Å². The number of aromatic nitrogens is 2. The average molecular weight is 263 g/mol. The predicted octanol–water partition coefficient (Wildman–Crippen LogP) is 1.11. The van der Waals surface area contributed by atoms with Crippen LogP contribution in [0, 0.1) is 6.92 Å². The molecule has 0 saturated carbocycles. The molecule has 0 amide bonds. The van der Waals surface area contributed by atoms with E-state index in [1.807, 2.05) is 20.0 Å². The summed E-state index contributed by atoms with van der Waals surface area (Å²) in [5.41, 5.74) is 7.95. The standard InChI is InChI=1S/C14H25N5/c1-10(15)12-8-16-14(17-11(12)2)13-9-18(3)6-5-7-19(13)4/h8,10,13H,5-7,9,15H2,1-4H3. The van der Waals surface area contributed by atoms with Crippen molar-refractivity contribution >= 4 is 0 Å². The maximum Gasteiger partial charge on any atom is 0.146 e. The van der Waals surface area contributed by atoms with Gasteiger partial charge >= 0.3 is 0 Å².